The molecule has 0 spiro atoms. The number of hydrogen-bond acceptors (Lipinski definition) is 5. The Morgan fingerprint density at radius 3 is 3.05 bits per heavy atom. The van der Waals surface area contributed by atoms with Gasteiger partial charge in [0.15, 0.2) is 12.1 Å². The second-order valence-corrected chi connectivity index (χ2v) is 4.98. The van der Waals surface area contributed by atoms with Gasteiger partial charge in [0.05, 0.1) is 24.5 Å². The zero-order chi connectivity index (χ0) is 14.1. The first-order valence-corrected chi connectivity index (χ1v) is 6.53. The number of aliphatic hydroxyl groups excluding tert-OH is 1. The minimum atomic E-state index is -0.639. The fourth-order valence-corrected chi connectivity index (χ4v) is 2.67. The van der Waals surface area contributed by atoms with Crippen LogP contribution in [0.15, 0.2) is 29.5 Å². The van der Waals surface area contributed by atoms with Gasteiger partial charge in [0.2, 0.25) is 0 Å². The number of imidazole rings is 1. The second-order valence-electron chi connectivity index (χ2n) is 4.98. The zero-order valence-electron chi connectivity index (χ0n) is 11.1. The molecule has 1 fully saturated rings. The molecule has 1 aliphatic carbocycles. The van der Waals surface area contributed by atoms with Crippen LogP contribution in [0, 0.1) is 6.92 Å². The molecule has 3 atom stereocenters. The maximum atomic E-state index is 12.1. The molecule has 0 unspecified atom stereocenters. The molecule has 7 heteroatoms. The van der Waals surface area contributed by atoms with Crippen LogP contribution in [0.1, 0.15) is 35.1 Å². The molecule has 0 saturated heterocycles. The van der Waals surface area contributed by atoms with Crippen LogP contribution in [0.5, 0.6) is 0 Å². The highest BCUT2D eigenvalue weighted by molar-refractivity contribution is 5.93. The van der Waals surface area contributed by atoms with Crippen LogP contribution in [0.2, 0.25) is 0 Å². The van der Waals surface area contributed by atoms with E-state index in [4.69, 9.17) is 4.42 Å². The molecule has 7 nitrogen and oxygen atoms in total. The number of hydrogen-bond donors (Lipinski definition) is 2. The van der Waals surface area contributed by atoms with Gasteiger partial charge in [0.25, 0.3) is 5.91 Å². The predicted molar refractivity (Wildman–Crippen MR) is 69.0 cm³/mol. The quantitative estimate of drug-likeness (QED) is 0.859. The fraction of sp³-hybridized carbons (Fsp3) is 0.462. The van der Waals surface area contributed by atoms with E-state index in [1.165, 1.54) is 6.39 Å². The highest BCUT2D eigenvalue weighted by atomic mass is 16.3. The van der Waals surface area contributed by atoms with Crippen LogP contribution >= 0.6 is 0 Å². The Hall–Kier alpha value is -2.15. The van der Waals surface area contributed by atoms with Gasteiger partial charge in [-0.1, -0.05) is 0 Å². The van der Waals surface area contributed by atoms with E-state index in [1.54, 1.807) is 19.4 Å². The molecule has 1 saturated carbocycles. The standard InChI is InChI=1S/C13H16N4O3/c1-8-11(15-7-20-8)13(19)16-9-2-3-10(12(9)18)17-5-4-14-6-17/h4-7,9-10,12,18H,2-3H2,1H3,(H,16,19)/t9-,10-,12-/m1/s1. The minimum Gasteiger partial charge on any atom is -0.448 e. The number of nitrogens with one attached hydrogen (secondary N) is 1. The molecular formula is C13H16N4O3. The van der Waals surface area contributed by atoms with Gasteiger partial charge in [-0.25, -0.2) is 9.97 Å². The van der Waals surface area contributed by atoms with Crippen molar-refractivity contribution in [1.29, 1.82) is 0 Å². The van der Waals surface area contributed by atoms with Gasteiger partial charge in [0, 0.05) is 12.4 Å². The van der Waals surface area contributed by atoms with E-state index >= 15 is 0 Å². The molecule has 1 amide bonds. The molecule has 1 aliphatic rings. The Bertz CT molecular complexity index is 593. The summed E-state index contributed by atoms with van der Waals surface area (Å²) in [5.74, 6) is 0.160. The first-order valence-electron chi connectivity index (χ1n) is 6.53. The van der Waals surface area contributed by atoms with Crippen LogP contribution in [-0.2, 0) is 0 Å². The van der Waals surface area contributed by atoms with Crippen molar-refractivity contribution in [3.63, 3.8) is 0 Å². The molecule has 2 N–H and O–H groups in total. The van der Waals surface area contributed by atoms with Gasteiger partial charge in [-0.2, -0.15) is 0 Å². The monoisotopic (exact) mass is 276 g/mol. The topological polar surface area (TPSA) is 93.2 Å². The largest absolute Gasteiger partial charge is 0.448 e. The van der Waals surface area contributed by atoms with E-state index in [9.17, 15) is 9.90 Å². The van der Waals surface area contributed by atoms with Crippen molar-refractivity contribution in [3.05, 3.63) is 36.6 Å². The number of carbonyl (C=O) groups is 1. The van der Waals surface area contributed by atoms with Crippen molar-refractivity contribution in [2.24, 2.45) is 0 Å². The maximum Gasteiger partial charge on any atom is 0.273 e. The van der Waals surface area contributed by atoms with Gasteiger partial charge < -0.3 is 19.4 Å². The predicted octanol–water partition coefficient (Wildman–Crippen LogP) is 0.674. The molecule has 2 aromatic rings. The van der Waals surface area contributed by atoms with Gasteiger partial charge in [-0.3, -0.25) is 4.79 Å². The van der Waals surface area contributed by atoms with Crippen molar-refractivity contribution in [3.8, 4) is 0 Å². The average molecular weight is 276 g/mol. The summed E-state index contributed by atoms with van der Waals surface area (Å²) < 4.78 is 6.88. The first-order chi connectivity index (χ1) is 9.66. The number of aromatic nitrogens is 3. The summed E-state index contributed by atoms with van der Waals surface area (Å²) in [6.45, 7) is 1.68. The molecular weight excluding hydrogens is 260 g/mol. The average Bonchev–Trinajstić information content (AvgIpc) is 3.12. The van der Waals surface area contributed by atoms with E-state index in [0.29, 0.717) is 12.2 Å². The van der Waals surface area contributed by atoms with Crippen molar-refractivity contribution >= 4 is 5.91 Å². The third-order valence-electron chi connectivity index (χ3n) is 3.76. The van der Waals surface area contributed by atoms with Gasteiger partial charge in [-0.15, -0.1) is 0 Å². The van der Waals surface area contributed by atoms with Crippen molar-refractivity contribution in [2.45, 2.75) is 38.0 Å². The summed E-state index contributed by atoms with van der Waals surface area (Å²) in [4.78, 5) is 19.9. The lowest BCUT2D eigenvalue weighted by Gasteiger charge is -2.21. The lowest BCUT2D eigenvalue weighted by atomic mass is 10.1. The number of nitrogens with zero attached hydrogens (tertiary/aromatic N) is 3. The third kappa shape index (κ3) is 2.20. The van der Waals surface area contributed by atoms with Crippen molar-refractivity contribution < 1.29 is 14.3 Å². The minimum absolute atomic E-state index is 0.0544. The maximum absolute atomic E-state index is 12.1. The summed E-state index contributed by atoms with van der Waals surface area (Å²) in [5, 5.41) is 13.1. The van der Waals surface area contributed by atoms with Gasteiger partial charge in [-0.05, 0) is 19.8 Å². The lowest BCUT2D eigenvalue weighted by Crippen LogP contribution is -2.42. The second kappa shape index (κ2) is 5.09. The highest BCUT2D eigenvalue weighted by Crippen LogP contribution is 2.30. The molecule has 2 heterocycles. The Labute approximate surface area is 115 Å². The SMILES string of the molecule is Cc1ocnc1C(=O)N[C@@H]1CC[C@@H](n2ccnc2)[C@@H]1O. The Kier molecular flexibility index (Phi) is 3.27. The highest BCUT2D eigenvalue weighted by Gasteiger charge is 2.37. The van der Waals surface area contributed by atoms with Crippen LogP contribution in [0.25, 0.3) is 0 Å². The molecule has 0 radical (unpaired) electrons. The summed E-state index contributed by atoms with van der Waals surface area (Å²) in [6, 6.07) is -0.341. The molecule has 0 bridgehead atoms. The summed E-state index contributed by atoms with van der Waals surface area (Å²) >= 11 is 0. The summed E-state index contributed by atoms with van der Waals surface area (Å²) in [5.41, 5.74) is 0.267. The molecule has 0 aromatic carbocycles. The summed E-state index contributed by atoms with van der Waals surface area (Å²) in [7, 11) is 0. The number of amides is 1. The van der Waals surface area contributed by atoms with E-state index in [-0.39, 0.29) is 23.7 Å². The normalized spacial score (nSPS) is 25.8. The molecule has 2 aromatic heterocycles. The van der Waals surface area contributed by atoms with Crippen LogP contribution < -0.4 is 5.32 Å². The van der Waals surface area contributed by atoms with E-state index in [1.807, 2.05) is 10.8 Å². The summed E-state index contributed by atoms with van der Waals surface area (Å²) in [6.07, 6.45) is 7.29. The first kappa shape index (κ1) is 12.9. The fourth-order valence-electron chi connectivity index (χ4n) is 2.67. The zero-order valence-corrected chi connectivity index (χ0v) is 11.1. The van der Waals surface area contributed by atoms with Crippen LogP contribution in [-0.4, -0.2) is 37.7 Å². The number of aryl methyl sites for hydroxylation is 1. The smallest absolute Gasteiger partial charge is 0.273 e. The van der Waals surface area contributed by atoms with Gasteiger partial charge >= 0.3 is 0 Å². The molecule has 0 aliphatic heterocycles. The Balaban J connectivity index is 1.68. The van der Waals surface area contributed by atoms with E-state index in [2.05, 4.69) is 15.3 Å². The van der Waals surface area contributed by atoms with Crippen LogP contribution in [0.4, 0.5) is 0 Å². The van der Waals surface area contributed by atoms with Crippen molar-refractivity contribution in [2.75, 3.05) is 0 Å². The lowest BCUT2D eigenvalue weighted by molar-refractivity contribution is 0.0809. The Morgan fingerprint density at radius 2 is 2.40 bits per heavy atom. The third-order valence-corrected chi connectivity index (χ3v) is 3.76. The van der Waals surface area contributed by atoms with E-state index < -0.39 is 6.10 Å². The van der Waals surface area contributed by atoms with Crippen molar-refractivity contribution in [1.82, 2.24) is 19.9 Å². The van der Waals surface area contributed by atoms with Crippen LogP contribution in [0.3, 0.4) is 0 Å². The van der Waals surface area contributed by atoms with E-state index in [0.717, 1.165) is 6.42 Å². The molecule has 3 rings (SSSR count). The Morgan fingerprint density at radius 1 is 1.55 bits per heavy atom. The van der Waals surface area contributed by atoms with Gasteiger partial charge in [0.1, 0.15) is 5.76 Å². The molecule has 106 valence electrons. The number of rotatable bonds is 3. The number of aliphatic hydroxyl groups is 1. The number of carbonyl (C=O) groups excluding carboxylic acids is 1. The molecule has 20 heavy (non-hydrogen) atoms. The number of oxazole rings is 1.